The van der Waals surface area contributed by atoms with Crippen molar-refractivity contribution in [2.24, 2.45) is 4.99 Å². The van der Waals surface area contributed by atoms with Crippen LogP contribution in [-0.2, 0) is 23.8 Å². The van der Waals surface area contributed by atoms with Gasteiger partial charge in [0.1, 0.15) is 0 Å². The number of nitrogens with zero attached hydrogens (tertiary/aromatic N) is 4. The van der Waals surface area contributed by atoms with Gasteiger partial charge in [0.15, 0.2) is 6.61 Å². The molecule has 2 amide bonds. The van der Waals surface area contributed by atoms with Gasteiger partial charge in [0.25, 0.3) is 17.8 Å². The number of anilines is 2. The number of allylic oxidation sites excluding steroid dienone is 1. The summed E-state index contributed by atoms with van der Waals surface area (Å²) in [5.41, 5.74) is 3.09. The highest BCUT2D eigenvalue weighted by Crippen LogP contribution is 2.25. The number of terminal acetylenes is 1. The lowest BCUT2D eigenvalue weighted by Gasteiger charge is -2.30. The molecule has 230 valence electrons. The highest BCUT2D eigenvalue weighted by molar-refractivity contribution is 6.06. The van der Waals surface area contributed by atoms with Gasteiger partial charge in [0.05, 0.1) is 44.1 Å². The summed E-state index contributed by atoms with van der Waals surface area (Å²) in [6.07, 6.45) is 13.1. The van der Waals surface area contributed by atoms with E-state index in [0.29, 0.717) is 37.6 Å². The van der Waals surface area contributed by atoms with E-state index in [-0.39, 0.29) is 31.1 Å². The summed E-state index contributed by atoms with van der Waals surface area (Å²) >= 11 is 0. The molecule has 0 aliphatic carbocycles. The number of hydrogen-bond donors (Lipinski definition) is 3. The summed E-state index contributed by atoms with van der Waals surface area (Å²) in [6.45, 7) is 8.75. The molecule has 1 aromatic heterocycles. The van der Waals surface area contributed by atoms with Crippen LogP contribution in [0.3, 0.4) is 0 Å². The number of pyridine rings is 1. The average molecular weight is 584 g/mol. The lowest BCUT2D eigenvalue weighted by Crippen LogP contribution is -2.44. The van der Waals surface area contributed by atoms with Crippen LogP contribution >= 0.6 is 0 Å². The molecular weight excluding hydrogens is 538 g/mol. The van der Waals surface area contributed by atoms with E-state index in [2.05, 4.69) is 43.2 Å². The molecule has 12 nitrogen and oxygen atoms in total. The van der Waals surface area contributed by atoms with Crippen LogP contribution in [0.1, 0.15) is 26.7 Å². The lowest BCUT2D eigenvalue weighted by atomic mass is 10.1. The number of carbonyl (C=O) groups is 2. The minimum Gasteiger partial charge on any atom is -0.455 e. The molecule has 2 aliphatic heterocycles. The van der Waals surface area contributed by atoms with Crippen LogP contribution in [0.2, 0.25) is 0 Å². The van der Waals surface area contributed by atoms with Crippen molar-refractivity contribution in [1.82, 2.24) is 20.5 Å². The number of nitrogens with one attached hydrogen (secondary N) is 3. The molecule has 3 N–H and O–H groups in total. The first-order valence-electron chi connectivity index (χ1n) is 14.1. The van der Waals surface area contributed by atoms with Gasteiger partial charge >= 0.3 is 0 Å². The van der Waals surface area contributed by atoms with E-state index in [9.17, 15) is 9.59 Å². The van der Waals surface area contributed by atoms with Crippen LogP contribution in [0, 0.1) is 12.3 Å². The molecule has 0 aromatic carbocycles. The average Bonchev–Trinajstić information content (AvgIpc) is 3.13. The third-order valence-corrected chi connectivity index (χ3v) is 6.26. The fraction of sp³-hybridized carbons (Fsp3) is 0.533. The third kappa shape index (κ3) is 11.6. The van der Waals surface area contributed by atoms with Crippen molar-refractivity contribution in [3.63, 3.8) is 0 Å². The second-order valence-electron chi connectivity index (χ2n) is 9.43. The van der Waals surface area contributed by atoms with Crippen LogP contribution < -0.4 is 20.9 Å². The summed E-state index contributed by atoms with van der Waals surface area (Å²) in [4.78, 5) is 38.7. The molecule has 0 atom stereocenters. The molecule has 0 radical (unpaired) electrons. The van der Waals surface area contributed by atoms with E-state index >= 15 is 0 Å². The Morgan fingerprint density at radius 1 is 1.29 bits per heavy atom. The Kier molecular flexibility index (Phi) is 16.5. The molecule has 0 spiro atoms. The summed E-state index contributed by atoms with van der Waals surface area (Å²) in [5.74, 6) is 1.67. The molecule has 42 heavy (non-hydrogen) atoms. The van der Waals surface area contributed by atoms with Crippen molar-refractivity contribution in [3.05, 3.63) is 41.8 Å². The number of piperazine rings is 1. The minimum atomic E-state index is -0.362. The zero-order valence-electron chi connectivity index (χ0n) is 25.3. The van der Waals surface area contributed by atoms with Crippen molar-refractivity contribution >= 4 is 29.2 Å². The molecule has 1 aromatic rings. The molecule has 0 saturated carbocycles. The Labute approximate surface area is 249 Å². The Balaban J connectivity index is 0.00000197. The van der Waals surface area contributed by atoms with Gasteiger partial charge in [-0.3, -0.25) is 19.5 Å². The number of aliphatic imine (C=N–C) groups is 1. The number of methoxy groups -OCH3 is 1. The number of ether oxygens (including phenoxy) is 3. The van der Waals surface area contributed by atoms with Gasteiger partial charge in [-0.2, -0.15) is 0 Å². The van der Waals surface area contributed by atoms with Gasteiger partial charge in [-0.15, -0.1) is 12.3 Å². The maximum Gasteiger partial charge on any atom is 0.296 e. The maximum atomic E-state index is 13.5. The summed E-state index contributed by atoms with van der Waals surface area (Å²) in [5, 5.41) is 9.17. The predicted molar refractivity (Wildman–Crippen MR) is 165 cm³/mol. The highest BCUT2D eigenvalue weighted by Gasteiger charge is 2.27. The van der Waals surface area contributed by atoms with Crippen molar-refractivity contribution in [1.29, 1.82) is 0 Å². The largest absolute Gasteiger partial charge is 0.455 e. The van der Waals surface area contributed by atoms with Crippen LogP contribution in [0.4, 0.5) is 11.4 Å². The Bertz CT molecular complexity index is 1120. The quantitative estimate of drug-likeness (QED) is 0.146. The van der Waals surface area contributed by atoms with E-state index < -0.39 is 0 Å². The number of rotatable bonds is 12. The molecule has 2 aliphatic rings. The number of aromatic nitrogens is 1. The van der Waals surface area contributed by atoms with Crippen LogP contribution in [0.25, 0.3) is 0 Å². The summed E-state index contributed by atoms with van der Waals surface area (Å²) in [6, 6.07) is 2.00. The number of carbonyl (C=O) groups excluding carboxylic acids is 2. The van der Waals surface area contributed by atoms with E-state index in [1.54, 1.807) is 39.6 Å². The minimum absolute atomic E-state index is 0.106. The van der Waals surface area contributed by atoms with Crippen LogP contribution in [0.15, 0.2) is 46.8 Å². The topological polar surface area (TPSA) is 130 Å². The first-order chi connectivity index (χ1) is 20.5. The standard InChI is InChI=1S/C27H41N7O5.C3H4/c1-21-6-4-12-34(26(36)22(21)7-5-15-38-17-16-37-3)27(31-20-28-2)39-19-25(35)32-23-18-30-9-8-24(23)33-13-10-29-11-14-33;1-3-2/h5,7-9,18,28-29H,4,6,10-17,19-20H2,1-3H3,(H,32,35);1H,2H3/b7-5-,31-27-;. The van der Waals surface area contributed by atoms with Gasteiger partial charge in [0, 0.05) is 51.6 Å². The molecule has 1 saturated heterocycles. The van der Waals surface area contributed by atoms with Gasteiger partial charge in [-0.1, -0.05) is 17.7 Å². The highest BCUT2D eigenvalue weighted by atomic mass is 16.5. The lowest BCUT2D eigenvalue weighted by molar-refractivity contribution is -0.125. The fourth-order valence-electron chi connectivity index (χ4n) is 4.26. The zero-order valence-corrected chi connectivity index (χ0v) is 25.3. The normalized spacial score (nSPS) is 16.1. The van der Waals surface area contributed by atoms with Gasteiger partial charge in [-0.05, 0) is 39.8 Å². The predicted octanol–water partition coefficient (Wildman–Crippen LogP) is 1.78. The SMILES string of the molecule is C#CC.CNC/N=C(\OCC(=O)Nc1cnccc1N1CCNCC1)N1CCCC(C)=C(/C=C\COCCOC)C1=O. The maximum absolute atomic E-state index is 13.5. The first-order valence-corrected chi connectivity index (χ1v) is 14.1. The van der Waals surface area contributed by atoms with Gasteiger partial charge in [-0.25, -0.2) is 4.99 Å². The van der Waals surface area contributed by atoms with Crippen molar-refractivity contribution in [2.45, 2.75) is 26.7 Å². The van der Waals surface area contributed by atoms with Crippen molar-refractivity contribution < 1.29 is 23.8 Å². The number of hydrogen-bond acceptors (Lipinski definition) is 10. The second kappa shape index (κ2) is 20.2. The van der Waals surface area contributed by atoms with E-state index in [1.807, 2.05) is 19.1 Å². The fourth-order valence-corrected chi connectivity index (χ4v) is 4.26. The van der Waals surface area contributed by atoms with E-state index in [4.69, 9.17) is 14.2 Å². The molecule has 1 fully saturated rings. The molecule has 0 bridgehead atoms. The third-order valence-electron chi connectivity index (χ3n) is 6.26. The molecule has 0 unspecified atom stereocenters. The van der Waals surface area contributed by atoms with E-state index in [0.717, 1.165) is 50.3 Å². The Morgan fingerprint density at radius 2 is 2.05 bits per heavy atom. The molecular formula is C30H45N7O5. The zero-order chi connectivity index (χ0) is 30.6. The Hall–Kier alpha value is -3.76. The smallest absolute Gasteiger partial charge is 0.296 e. The summed E-state index contributed by atoms with van der Waals surface area (Å²) in [7, 11) is 3.37. The molecule has 12 heteroatoms. The Morgan fingerprint density at radius 3 is 2.76 bits per heavy atom. The van der Waals surface area contributed by atoms with E-state index in [1.165, 1.54) is 4.90 Å². The number of amidine groups is 1. The van der Waals surface area contributed by atoms with Gasteiger partial charge < -0.3 is 35.1 Å². The van der Waals surface area contributed by atoms with Crippen LogP contribution in [0.5, 0.6) is 0 Å². The molecule has 3 heterocycles. The molecule has 3 rings (SSSR count). The van der Waals surface area contributed by atoms with Crippen molar-refractivity contribution in [3.8, 4) is 12.3 Å². The second-order valence-corrected chi connectivity index (χ2v) is 9.43. The first kappa shape index (κ1) is 34.4. The summed E-state index contributed by atoms with van der Waals surface area (Å²) < 4.78 is 16.3. The van der Waals surface area contributed by atoms with Crippen molar-refractivity contribution in [2.75, 3.05) is 90.2 Å². The van der Waals surface area contributed by atoms with Crippen LogP contribution in [-0.4, -0.2) is 108 Å². The van der Waals surface area contributed by atoms with Gasteiger partial charge in [0.2, 0.25) is 0 Å². The number of amides is 2. The monoisotopic (exact) mass is 583 g/mol.